The van der Waals surface area contributed by atoms with Gasteiger partial charge in [0.15, 0.2) is 0 Å². The molecule has 0 spiro atoms. The average molecular weight is 321 g/mol. The van der Waals surface area contributed by atoms with Crippen LogP contribution >= 0.6 is 0 Å². The summed E-state index contributed by atoms with van der Waals surface area (Å²) in [6, 6.07) is 7.85. The molecule has 23 heavy (non-hydrogen) atoms. The van der Waals surface area contributed by atoms with Gasteiger partial charge in [-0.1, -0.05) is 17.7 Å². The van der Waals surface area contributed by atoms with E-state index in [0.717, 1.165) is 18.6 Å². The third-order valence-electron chi connectivity index (χ3n) is 4.79. The van der Waals surface area contributed by atoms with Crippen molar-refractivity contribution in [3.05, 3.63) is 29.8 Å². The van der Waals surface area contributed by atoms with Gasteiger partial charge in [0.25, 0.3) is 0 Å². The molecule has 130 valence electrons. The Morgan fingerprint density at radius 1 is 1.13 bits per heavy atom. The summed E-state index contributed by atoms with van der Waals surface area (Å²) in [4.78, 5) is 2.30. The molecule has 4 nitrogen and oxygen atoms in total. The number of hydrogen-bond donors (Lipinski definition) is 2. The van der Waals surface area contributed by atoms with Crippen molar-refractivity contribution >= 4 is 0 Å². The van der Waals surface area contributed by atoms with E-state index in [9.17, 15) is 10.2 Å². The summed E-state index contributed by atoms with van der Waals surface area (Å²) >= 11 is 0. The lowest BCUT2D eigenvalue weighted by molar-refractivity contribution is -0.1000. The topological polar surface area (TPSA) is 52.9 Å². The molecule has 1 aromatic rings. The number of likely N-dealkylation sites (tertiary alicyclic amines) is 1. The van der Waals surface area contributed by atoms with Crippen LogP contribution in [0.3, 0.4) is 0 Å². The van der Waals surface area contributed by atoms with E-state index < -0.39 is 6.10 Å². The largest absolute Gasteiger partial charge is 0.491 e. The maximum absolute atomic E-state index is 10.4. The van der Waals surface area contributed by atoms with Gasteiger partial charge in [-0.2, -0.15) is 0 Å². The zero-order valence-corrected chi connectivity index (χ0v) is 15.0. The van der Waals surface area contributed by atoms with E-state index >= 15 is 0 Å². The Balaban J connectivity index is 1.95. The van der Waals surface area contributed by atoms with Gasteiger partial charge >= 0.3 is 0 Å². The van der Waals surface area contributed by atoms with Crippen molar-refractivity contribution in [1.29, 1.82) is 0 Å². The Hall–Kier alpha value is -1.10. The minimum atomic E-state index is -0.565. The predicted octanol–water partition coefficient (Wildman–Crippen LogP) is 2.75. The molecule has 1 saturated heterocycles. The zero-order chi connectivity index (χ0) is 17.3. The summed E-state index contributed by atoms with van der Waals surface area (Å²) in [6.45, 7) is 11.4. The lowest BCUT2D eigenvalue weighted by Crippen LogP contribution is -2.63. The summed E-state index contributed by atoms with van der Waals surface area (Å²) in [5.74, 6) is 0.780. The second kappa shape index (κ2) is 6.80. The highest BCUT2D eigenvalue weighted by molar-refractivity contribution is 5.26. The summed E-state index contributed by atoms with van der Waals surface area (Å²) in [5, 5.41) is 20.5. The number of piperidine rings is 1. The molecule has 1 heterocycles. The molecule has 4 heteroatoms. The third kappa shape index (κ3) is 4.69. The Bertz CT molecular complexity index is 492. The molecular formula is C19H31NO3. The molecule has 0 saturated carbocycles. The fourth-order valence-corrected chi connectivity index (χ4v) is 3.85. The number of ether oxygens (including phenoxy) is 1. The maximum Gasteiger partial charge on any atom is 0.119 e. The number of benzene rings is 1. The number of β-amino-alcohol motifs (C(OH)–C–C–N with tert-alkyl or cyclic N) is 1. The van der Waals surface area contributed by atoms with Crippen molar-refractivity contribution < 1.29 is 14.9 Å². The normalized spacial score (nSPS) is 22.7. The van der Waals surface area contributed by atoms with Crippen LogP contribution in [0.15, 0.2) is 24.3 Å². The van der Waals surface area contributed by atoms with Crippen molar-refractivity contribution in [2.24, 2.45) is 0 Å². The summed E-state index contributed by atoms with van der Waals surface area (Å²) in [5.41, 5.74) is 0.895. The van der Waals surface area contributed by atoms with Crippen LogP contribution in [-0.2, 0) is 0 Å². The molecule has 1 aliphatic rings. The number of nitrogens with zero attached hydrogens (tertiary/aromatic N) is 1. The number of aliphatic hydroxyl groups is 2. The first-order chi connectivity index (χ1) is 10.6. The van der Waals surface area contributed by atoms with E-state index in [2.05, 4.69) is 32.6 Å². The molecule has 0 radical (unpaired) electrons. The van der Waals surface area contributed by atoms with Gasteiger partial charge in [0.05, 0.1) is 6.10 Å². The van der Waals surface area contributed by atoms with Crippen molar-refractivity contribution in [3.8, 4) is 5.75 Å². The highest BCUT2D eigenvalue weighted by atomic mass is 16.5. The first-order valence-corrected chi connectivity index (χ1v) is 8.43. The van der Waals surface area contributed by atoms with E-state index in [4.69, 9.17) is 4.74 Å². The molecule has 2 N–H and O–H groups in total. The molecule has 1 atom stereocenters. The number of hydrogen-bond acceptors (Lipinski definition) is 4. The van der Waals surface area contributed by atoms with E-state index in [1.807, 2.05) is 31.2 Å². The van der Waals surface area contributed by atoms with E-state index in [1.54, 1.807) is 0 Å². The number of aliphatic hydroxyl groups excluding tert-OH is 2. The van der Waals surface area contributed by atoms with Gasteiger partial charge in [-0.15, -0.1) is 0 Å². The maximum atomic E-state index is 10.4. The number of aryl methyl sites for hydroxylation is 1. The van der Waals surface area contributed by atoms with Crippen LogP contribution < -0.4 is 4.74 Å². The van der Waals surface area contributed by atoms with Crippen LogP contribution in [0.2, 0.25) is 0 Å². The van der Waals surface area contributed by atoms with Gasteiger partial charge in [0.2, 0.25) is 0 Å². The average Bonchev–Trinajstić information content (AvgIpc) is 2.41. The van der Waals surface area contributed by atoms with Gasteiger partial charge in [0.1, 0.15) is 18.5 Å². The van der Waals surface area contributed by atoms with Crippen LogP contribution in [0.25, 0.3) is 0 Å². The molecule has 0 aliphatic carbocycles. The van der Waals surface area contributed by atoms with Crippen molar-refractivity contribution in [2.75, 3.05) is 13.2 Å². The SMILES string of the molecule is Cc1ccc(OCC(O)CN2C(C)(C)CC(O)CC2(C)C)cc1. The smallest absolute Gasteiger partial charge is 0.119 e. The Morgan fingerprint density at radius 3 is 2.17 bits per heavy atom. The molecule has 1 aromatic carbocycles. The van der Waals surface area contributed by atoms with E-state index in [1.165, 1.54) is 5.56 Å². The van der Waals surface area contributed by atoms with Gasteiger partial charge in [0, 0.05) is 17.6 Å². The molecule has 1 fully saturated rings. The van der Waals surface area contributed by atoms with Crippen LogP contribution in [0.4, 0.5) is 0 Å². The fraction of sp³-hybridized carbons (Fsp3) is 0.684. The Labute approximate surface area is 140 Å². The lowest BCUT2D eigenvalue weighted by Gasteiger charge is -2.54. The van der Waals surface area contributed by atoms with Crippen LogP contribution in [0, 0.1) is 6.92 Å². The van der Waals surface area contributed by atoms with E-state index in [-0.39, 0.29) is 23.8 Å². The molecule has 2 rings (SSSR count). The molecular weight excluding hydrogens is 290 g/mol. The fourth-order valence-electron chi connectivity index (χ4n) is 3.85. The molecule has 1 aliphatic heterocycles. The van der Waals surface area contributed by atoms with Gasteiger partial charge in [-0.3, -0.25) is 4.90 Å². The first-order valence-electron chi connectivity index (χ1n) is 8.43. The molecule has 0 aromatic heterocycles. The minimum absolute atomic E-state index is 0.147. The molecule has 0 bridgehead atoms. The third-order valence-corrected chi connectivity index (χ3v) is 4.79. The van der Waals surface area contributed by atoms with Crippen molar-refractivity contribution in [1.82, 2.24) is 4.90 Å². The Morgan fingerprint density at radius 2 is 1.65 bits per heavy atom. The summed E-state index contributed by atoms with van der Waals surface area (Å²) in [6.07, 6.45) is 0.603. The highest BCUT2D eigenvalue weighted by Gasteiger charge is 2.45. The molecule has 0 amide bonds. The zero-order valence-electron chi connectivity index (χ0n) is 15.0. The lowest BCUT2D eigenvalue weighted by atomic mass is 9.78. The van der Waals surface area contributed by atoms with Crippen molar-refractivity contribution in [2.45, 2.75) is 70.7 Å². The summed E-state index contributed by atoms with van der Waals surface area (Å²) < 4.78 is 5.70. The minimum Gasteiger partial charge on any atom is -0.491 e. The first kappa shape index (κ1) is 18.2. The second-order valence-corrected chi connectivity index (χ2v) is 8.08. The molecule has 1 unspecified atom stereocenters. The number of rotatable bonds is 5. The van der Waals surface area contributed by atoms with Crippen LogP contribution in [0.5, 0.6) is 5.75 Å². The van der Waals surface area contributed by atoms with Gasteiger partial charge in [-0.05, 0) is 59.6 Å². The Kier molecular flexibility index (Phi) is 5.39. The predicted molar refractivity (Wildman–Crippen MR) is 92.8 cm³/mol. The van der Waals surface area contributed by atoms with Crippen LogP contribution in [-0.4, -0.2) is 51.6 Å². The highest BCUT2D eigenvalue weighted by Crippen LogP contribution is 2.38. The van der Waals surface area contributed by atoms with Gasteiger partial charge in [-0.25, -0.2) is 0 Å². The van der Waals surface area contributed by atoms with E-state index in [0.29, 0.717) is 6.54 Å². The van der Waals surface area contributed by atoms with Gasteiger partial charge < -0.3 is 14.9 Å². The quantitative estimate of drug-likeness (QED) is 0.875. The monoisotopic (exact) mass is 321 g/mol. The van der Waals surface area contributed by atoms with Crippen molar-refractivity contribution in [3.63, 3.8) is 0 Å². The second-order valence-electron chi connectivity index (χ2n) is 8.08. The summed E-state index contributed by atoms with van der Waals surface area (Å²) in [7, 11) is 0. The van der Waals surface area contributed by atoms with Crippen LogP contribution in [0.1, 0.15) is 46.1 Å². The standard InChI is InChI=1S/C19H31NO3/c1-14-6-8-17(9-7-14)23-13-16(22)12-20-18(2,3)10-15(21)11-19(20,4)5/h6-9,15-16,21-22H,10-13H2,1-5H3.